The Morgan fingerprint density at radius 2 is 1.43 bits per heavy atom. The van der Waals surface area contributed by atoms with Crippen molar-refractivity contribution in [3.8, 4) is 0 Å². The molecule has 2 aromatic rings. The number of hydrogen-bond acceptors (Lipinski definition) is 10. The fourth-order valence-corrected chi connectivity index (χ4v) is 6.48. The fourth-order valence-electron chi connectivity index (χ4n) is 6.48. The van der Waals surface area contributed by atoms with Gasteiger partial charge in [0.05, 0.1) is 17.9 Å². The van der Waals surface area contributed by atoms with Crippen molar-refractivity contribution in [3.05, 3.63) is 60.2 Å². The number of nitrogens with zero attached hydrogens (tertiary/aromatic N) is 5. The van der Waals surface area contributed by atoms with Crippen LogP contribution in [0.25, 0.3) is 0 Å². The maximum absolute atomic E-state index is 13.5. The number of carbonyl (C=O) groups is 6. The van der Waals surface area contributed by atoms with Gasteiger partial charge in [-0.25, -0.2) is 9.59 Å². The molecule has 0 aliphatic carbocycles. The first-order chi connectivity index (χ1) is 26.8. The van der Waals surface area contributed by atoms with E-state index in [1.165, 1.54) is 9.80 Å². The molecule has 2 aliphatic heterocycles. The number of nitrogens with one attached hydrogen (secondary N) is 3. The van der Waals surface area contributed by atoms with Crippen LogP contribution in [0.5, 0.6) is 0 Å². The van der Waals surface area contributed by atoms with E-state index in [2.05, 4.69) is 31.2 Å². The SMILES string of the molecule is CC(C)CC(NC(=O)[C@@H]1CCCN1C(=O)OCc1ccc(N=Nc2ccccc2)cc1)C(=O)NCC(=O)N1CCC[C@H]1C(=O)N[C@H](CCCN=C(N)N)C(=O)O. The molecule has 18 nitrogen and oxygen atoms in total. The molecule has 0 aromatic heterocycles. The quantitative estimate of drug-likeness (QED) is 0.0557. The molecule has 302 valence electrons. The minimum absolute atomic E-state index is 0.00842. The number of carboxylic acids is 1. The third-order valence-corrected chi connectivity index (χ3v) is 9.32. The van der Waals surface area contributed by atoms with Crippen LogP contribution in [0.3, 0.4) is 0 Å². The average Bonchev–Trinajstić information content (AvgIpc) is 3.88. The van der Waals surface area contributed by atoms with Crippen molar-refractivity contribution >= 4 is 53.0 Å². The summed E-state index contributed by atoms with van der Waals surface area (Å²) < 4.78 is 5.54. The van der Waals surface area contributed by atoms with E-state index in [0.29, 0.717) is 44.3 Å². The van der Waals surface area contributed by atoms with Gasteiger partial charge in [0.25, 0.3) is 0 Å². The van der Waals surface area contributed by atoms with Crippen LogP contribution in [0.2, 0.25) is 0 Å². The van der Waals surface area contributed by atoms with Crippen molar-refractivity contribution in [3.63, 3.8) is 0 Å². The molecule has 4 atom stereocenters. The van der Waals surface area contributed by atoms with Gasteiger partial charge < -0.3 is 42.2 Å². The van der Waals surface area contributed by atoms with E-state index in [-0.39, 0.29) is 44.4 Å². The van der Waals surface area contributed by atoms with Crippen LogP contribution in [0.4, 0.5) is 16.2 Å². The first kappa shape index (κ1) is 42.7. The number of benzene rings is 2. The van der Waals surface area contributed by atoms with Crippen LogP contribution in [-0.2, 0) is 35.3 Å². The van der Waals surface area contributed by atoms with E-state index in [9.17, 15) is 33.9 Å². The number of aliphatic carboxylic acids is 1. The maximum atomic E-state index is 13.5. The molecule has 2 fully saturated rings. The van der Waals surface area contributed by atoms with Gasteiger partial charge in [0, 0.05) is 19.6 Å². The highest BCUT2D eigenvalue weighted by atomic mass is 16.6. The zero-order valence-corrected chi connectivity index (χ0v) is 31.8. The molecule has 0 bridgehead atoms. The maximum Gasteiger partial charge on any atom is 0.410 e. The van der Waals surface area contributed by atoms with E-state index < -0.39 is 66.4 Å². The summed E-state index contributed by atoms with van der Waals surface area (Å²) in [4.78, 5) is 84.6. The molecule has 4 rings (SSSR count). The van der Waals surface area contributed by atoms with Crippen LogP contribution in [0.1, 0.15) is 64.4 Å². The number of azo groups is 1. The third kappa shape index (κ3) is 13.1. The van der Waals surface area contributed by atoms with E-state index in [1.54, 1.807) is 24.3 Å². The summed E-state index contributed by atoms with van der Waals surface area (Å²) in [6.07, 6.45) is 1.79. The predicted octanol–water partition coefficient (Wildman–Crippen LogP) is 2.46. The van der Waals surface area contributed by atoms with Gasteiger partial charge in [-0.2, -0.15) is 10.2 Å². The molecule has 0 spiro atoms. The Bertz CT molecular complexity index is 1730. The lowest BCUT2D eigenvalue weighted by Crippen LogP contribution is -2.55. The second kappa shape index (κ2) is 21.1. The second-order valence-corrected chi connectivity index (χ2v) is 14.1. The molecular weight excluding hydrogens is 724 g/mol. The van der Waals surface area contributed by atoms with Gasteiger partial charge in [-0.05, 0) is 80.7 Å². The molecule has 0 saturated carbocycles. The highest BCUT2D eigenvalue weighted by Crippen LogP contribution is 2.22. The standard InChI is InChI=1S/C38H52N10O8/c1-24(2)21-29(33(50)42-22-32(49)47-19-7-12-30(47)34(51)43-28(36(53)54)11-6-18-41-37(39)40)44-35(52)31-13-8-20-48(31)38(55)56-23-25-14-16-27(17-15-25)46-45-26-9-4-3-5-10-26/h3-5,9-10,14-17,24,28-31H,6-8,11-13,18-23H2,1-2H3,(H,42,50)(H,43,51)(H,44,52)(H,53,54)(H4,39,40,41)/t28-,29?,30+,31+/m1/s1. The molecule has 2 saturated heterocycles. The van der Waals surface area contributed by atoms with E-state index in [4.69, 9.17) is 16.2 Å². The number of nitrogens with two attached hydrogens (primary N) is 2. The summed E-state index contributed by atoms with van der Waals surface area (Å²) in [7, 11) is 0. The lowest BCUT2D eigenvalue weighted by Gasteiger charge is -2.27. The summed E-state index contributed by atoms with van der Waals surface area (Å²) >= 11 is 0. The van der Waals surface area contributed by atoms with Crippen molar-refractivity contribution < 1.29 is 38.6 Å². The summed E-state index contributed by atoms with van der Waals surface area (Å²) in [5, 5.41) is 25.9. The summed E-state index contributed by atoms with van der Waals surface area (Å²) in [6.45, 7) is 4.06. The molecule has 8 N–H and O–H groups in total. The first-order valence-corrected chi connectivity index (χ1v) is 18.8. The Hall–Kier alpha value is -6.07. The monoisotopic (exact) mass is 776 g/mol. The van der Waals surface area contributed by atoms with Gasteiger partial charge in [0.1, 0.15) is 30.8 Å². The first-order valence-electron chi connectivity index (χ1n) is 18.8. The lowest BCUT2D eigenvalue weighted by atomic mass is 10.0. The van der Waals surface area contributed by atoms with Crippen molar-refractivity contribution in [2.45, 2.75) is 89.6 Å². The molecule has 18 heteroatoms. The Balaban J connectivity index is 1.27. The van der Waals surface area contributed by atoms with Crippen molar-refractivity contribution in [2.24, 2.45) is 32.6 Å². The van der Waals surface area contributed by atoms with Gasteiger partial charge in [-0.15, -0.1) is 0 Å². The topological polar surface area (TPSA) is 264 Å². The Kier molecular flexibility index (Phi) is 16.1. The van der Waals surface area contributed by atoms with E-state index in [0.717, 1.165) is 11.3 Å². The van der Waals surface area contributed by atoms with Gasteiger partial charge in [0.15, 0.2) is 5.96 Å². The van der Waals surface area contributed by atoms with E-state index in [1.807, 2.05) is 44.2 Å². The van der Waals surface area contributed by atoms with Crippen LogP contribution >= 0.6 is 0 Å². The zero-order valence-electron chi connectivity index (χ0n) is 31.8. The van der Waals surface area contributed by atoms with Crippen molar-refractivity contribution in [1.29, 1.82) is 0 Å². The second-order valence-electron chi connectivity index (χ2n) is 14.1. The van der Waals surface area contributed by atoms with Gasteiger partial charge >= 0.3 is 12.1 Å². The van der Waals surface area contributed by atoms with E-state index >= 15 is 0 Å². The van der Waals surface area contributed by atoms with Crippen molar-refractivity contribution in [2.75, 3.05) is 26.2 Å². The normalized spacial score (nSPS) is 17.6. The number of aliphatic imine (C=N–C) groups is 1. The number of hydrogen-bond donors (Lipinski definition) is 6. The molecule has 5 amide bonds. The summed E-state index contributed by atoms with van der Waals surface area (Å²) in [5.41, 5.74) is 12.7. The zero-order chi connectivity index (χ0) is 40.6. The molecule has 56 heavy (non-hydrogen) atoms. The molecule has 0 radical (unpaired) electrons. The van der Waals surface area contributed by atoms with Crippen LogP contribution in [-0.4, -0.2) is 107 Å². The molecule has 2 heterocycles. The minimum atomic E-state index is -1.23. The van der Waals surface area contributed by atoms with Crippen LogP contribution in [0.15, 0.2) is 69.8 Å². The molecule has 2 aliphatic rings. The molecule has 2 aromatic carbocycles. The predicted molar refractivity (Wildman–Crippen MR) is 206 cm³/mol. The highest BCUT2D eigenvalue weighted by molar-refractivity contribution is 5.95. The van der Waals surface area contributed by atoms with Crippen molar-refractivity contribution in [1.82, 2.24) is 25.8 Å². The average molecular weight is 777 g/mol. The van der Waals surface area contributed by atoms with Crippen LogP contribution < -0.4 is 27.4 Å². The largest absolute Gasteiger partial charge is 0.480 e. The Morgan fingerprint density at radius 1 is 0.839 bits per heavy atom. The number of rotatable bonds is 18. The highest BCUT2D eigenvalue weighted by Gasteiger charge is 2.38. The molecular formula is C38H52N10O8. The minimum Gasteiger partial charge on any atom is -0.480 e. The van der Waals surface area contributed by atoms with Gasteiger partial charge in [-0.3, -0.25) is 29.1 Å². The van der Waals surface area contributed by atoms with Gasteiger partial charge in [0.2, 0.25) is 23.6 Å². The summed E-state index contributed by atoms with van der Waals surface area (Å²) in [6, 6.07) is 12.4. The number of amides is 5. The fraction of sp³-hybridized carbons (Fsp3) is 0.500. The third-order valence-electron chi connectivity index (χ3n) is 9.32. The number of carbonyl (C=O) groups excluding carboxylic acids is 5. The lowest BCUT2D eigenvalue weighted by molar-refractivity contribution is -0.144. The number of guanidine groups is 1. The van der Waals surface area contributed by atoms with Gasteiger partial charge in [-0.1, -0.05) is 44.2 Å². The number of ether oxygens (including phenoxy) is 1. The Morgan fingerprint density at radius 3 is 2.04 bits per heavy atom. The number of carboxylic acid groups (broad SMARTS) is 1. The van der Waals surface area contributed by atoms with Crippen LogP contribution in [0, 0.1) is 5.92 Å². The summed E-state index contributed by atoms with van der Waals surface area (Å²) in [5.74, 6) is -3.60. The Labute approximate surface area is 325 Å². The molecule has 1 unspecified atom stereocenters. The smallest absolute Gasteiger partial charge is 0.410 e. The number of likely N-dealkylation sites (tertiary alicyclic amines) is 2.